The number of hydrogen-bond acceptors (Lipinski definition) is 4. The molecule has 2 unspecified atom stereocenters. The molecule has 2 atom stereocenters. The second kappa shape index (κ2) is 10.1. The number of nitrogens with zero attached hydrogens (tertiary/aromatic N) is 1. The Morgan fingerprint density at radius 1 is 0.939 bits per heavy atom. The zero-order valence-electron chi connectivity index (χ0n) is 20.0. The highest BCUT2D eigenvalue weighted by Gasteiger charge is 2.27. The van der Waals surface area contributed by atoms with Crippen LogP contribution in [0.5, 0.6) is 0 Å². The molecule has 1 heterocycles. The van der Waals surface area contributed by atoms with E-state index in [9.17, 15) is 14.4 Å². The summed E-state index contributed by atoms with van der Waals surface area (Å²) in [7, 11) is 0. The van der Waals surface area contributed by atoms with Gasteiger partial charge in [-0.15, -0.1) is 0 Å². The molecule has 2 N–H and O–H groups in total. The molecule has 0 spiro atoms. The second-order valence-electron chi connectivity index (χ2n) is 9.86. The lowest BCUT2D eigenvalue weighted by atomic mass is 9.91. The predicted molar refractivity (Wildman–Crippen MR) is 130 cm³/mol. The fourth-order valence-corrected chi connectivity index (χ4v) is 4.13. The number of rotatable bonds is 4. The fourth-order valence-electron chi connectivity index (χ4n) is 4.13. The van der Waals surface area contributed by atoms with Gasteiger partial charge in [0.05, 0.1) is 11.3 Å². The van der Waals surface area contributed by atoms with Crippen LogP contribution in [0.1, 0.15) is 61.8 Å². The van der Waals surface area contributed by atoms with Crippen molar-refractivity contribution in [2.45, 2.75) is 46.6 Å². The molecule has 2 aromatic rings. The number of benzene rings is 2. The van der Waals surface area contributed by atoms with E-state index in [4.69, 9.17) is 4.74 Å². The van der Waals surface area contributed by atoms with Crippen LogP contribution < -0.4 is 10.6 Å². The summed E-state index contributed by atoms with van der Waals surface area (Å²) in [6.45, 7) is 11.1. The van der Waals surface area contributed by atoms with Gasteiger partial charge in [0.2, 0.25) is 0 Å². The number of nitrogens with one attached hydrogen (secondary N) is 2. The SMILES string of the molecule is CC1CC(C)CN(C(=O)c2ccccc2NC(=O)c2cccc(NC(=O)OC(C)(C)C)c2)C1. The summed E-state index contributed by atoms with van der Waals surface area (Å²) in [5, 5.41) is 5.49. The first-order valence-corrected chi connectivity index (χ1v) is 11.3. The van der Waals surface area contributed by atoms with Crippen LogP contribution in [0.3, 0.4) is 0 Å². The highest BCUT2D eigenvalue weighted by atomic mass is 16.6. The fraction of sp³-hybridized carbons (Fsp3) is 0.423. The van der Waals surface area contributed by atoms with Gasteiger partial charge in [0, 0.05) is 24.3 Å². The molecular formula is C26H33N3O4. The minimum Gasteiger partial charge on any atom is -0.444 e. The Bertz CT molecular complexity index is 1020. The van der Waals surface area contributed by atoms with Crippen LogP contribution in [0.4, 0.5) is 16.2 Å². The van der Waals surface area contributed by atoms with E-state index in [1.54, 1.807) is 69.3 Å². The van der Waals surface area contributed by atoms with Gasteiger partial charge in [-0.1, -0.05) is 32.0 Å². The number of anilines is 2. The van der Waals surface area contributed by atoms with Crippen LogP contribution in [0.15, 0.2) is 48.5 Å². The monoisotopic (exact) mass is 451 g/mol. The molecule has 1 fully saturated rings. The summed E-state index contributed by atoms with van der Waals surface area (Å²) < 4.78 is 5.26. The Labute approximate surface area is 195 Å². The summed E-state index contributed by atoms with van der Waals surface area (Å²) >= 11 is 0. The number of piperidine rings is 1. The van der Waals surface area contributed by atoms with Gasteiger partial charge < -0.3 is 15.0 Å². The Morgan fingerprint density at radius 2 is 1.61 bits per heavy atom. The summed E-state index contributed by atoms with van der Waals surface area (Å²) in [6, 6.07) is 13.6. The lowest BCUT2D eigenvalue weighted by Gasteiger charge is -2.35. The molecule has 0 radical (unpaired) electrons. The van der Waals surface area contributed by atoms with Gasteiger partial charge in [-0.05, 0) is 69.4 Å². The first-order chi connectivity index (χ1) is 15.5. The van der Waals surface area contributed by atoms with Gasteiger partial charge >= 0.3 is 6.09 Å². The van der Waals surface area contributed by atoms with E-state index in [2.05, 4.69) is 24.5 Å². The van der Waals surface area contributed by atoms with E-state index in [1.165, 1.54) is 0 Å². The zero-order chi connectivity index (χ0) is 24.2. The van der Waals surface area contributed by atoms with Crippen molar-refractivity contribution in [3.05, 3.63) is 59.7 Å². The van der Waals surface area contributed by atoms with E-state index in [1.807, 2.05) is 4.90 Å². The van der Waals surface area contributed by atoms with E-state index in [0.29, 0.717) is 47.4 Å². The molecule has 33 heavy (non-hydrogen) atoms. The van der Waals surface area contributed by atoms with E-state index < -0.39 is 11.7 Å². The maximum Gasteiger partial charge on any atom is 0.412 e. The second-order valence-corrected chi connectivity index (χ2v) is 9.86. The Kier molecular flexibility index (Phi) is 7.41. The molecule has 3 amide bonds. The largest absolute Gasteiger partial charge is 0.444 e. The van der Waals surface area contributed by atoms with Crippen molar-refractivity contribution in [3.8, 4) is 0 Å². The molecule has 1 aliphatic rings. The number of carbonyl (C=O) groups is 3. The Balaban J connectivity index is 1.74. The summed E-state index contributed by atoms with van der Waals surface area (Å²) in [5.74, 6) is 0.437. The number of amides is 3. The highest BCUT2D eigenvalue weighted by molar-refractivity contribution is 6.09. The third kappa shape index (κ3) is 6.81. The van der Waals surface area contributed by atoms with Crippen LogP contribution in [0, 0.1) is 11.8 Å². The third-order valence-electron chi connectivity index (χ3n) is 5.33. The first-order valence-electron chi connectivity index (χ1n) is 11.3. The van der Waals surface area contributed by atoms with Gasteiger partial charge in [0.15, 0.2) is 0 Å². The van der Waals surface area contributed by atoms with Gasteiger partial charge in [-0.2, -0.15) is 0 Å². The minimum atomic E-state index is -0.626. The summed E-state index contributed by atoms with van der Waals surface area (Å²) in [6.07, 6.45) is 0.511. The van der Waals surface area contributed by atoms with Gasteiger partial charge in [-0.3, -0.25) is 14.9 Å². The van der Waals surface area contributed by atoms with E-state index in [0.717, 1.165) is 6.42 Å². The van der Waals surface area contributed by atoms with Crippen LogP contribution >= 0.6 is 0 Å². The maximum absolute atomic E-state index is 13.2. The van der Waals surface area contributed by atoms with Crippen LogP contribution in [0.2, 0.25) is 0 Å². The third-order valence-corrected chi connectivity index (χ3v) is 5.33. The van der Waals surface area contributed by atoms with Crippen LogP contribution in [-0.4, -0.2) is 41.5 Å². The van der Waals surface area contributed by atoms with Crippen molar-refractivity contribution in [2.75, 3.05) is 23.7 Å². The molecule has 7 heteroatoms. The molecule has 0 saturated carbocycles. The molecule has 1 saturated heterocycles. The minimum absolute atomic E-state index is 0.0790. The quantitative estimate of drug-likeness (QED) is 0.651. The summed E-state index contributed by atoms with van der Waals surface area (Å²) in [5.41, 5.74) is 1.10. The Morgan fingerprint density at radius 3 is 2.27 bits per heavy atom. The average molecular weight is 452 g/mol. The average Bonchev–Trinajstić information content (AvgIpc) is 2.71. The molecular weight excluding hydrogens is 418 g/mol. The molecule has 2 aromatic carbocycles. The van der Waals surface area contributed by atoms with Crippen molar-refractivity contribution in [3.63, 3.8) is 0 Å². The molecule has 0 aromatic heterocycles. The number of para-hydroxylation sites is 1. The lowest BCUT2D eigenvalue weighted by molar-refractivity contribution is 0.0620. The summed E-state index contributed by atoms with van der Waals surface area (Å²) in [4.78, 5) is 40.1. The number of carbonyl (C=O) groups excluding carboxylic acids is 3. The Hall–Kier alpha value is -3.35. The topological polar surface area (TPSA) is 87.7 Å². The number of ether oxygens (including phenoxy) is 1. The van der Waals surface area contributed by atoms with Crippen molar-refractivity contribution in [1.29, 1.82) is 0 Å². The van der Waals surface area contributed by atoms with Crippen molar-refractivity contribution < 1.29 is 19.1 Å². The number of likely N-dealkylation sites (tertiary alicyclic amines) is 1. The van der Waals surface area contributed by atoms with Gasteiger partial charge in [0.1, 0.15) is 5.60 Å². The van der Waals surface area contributed by atoms with E-state index in [-0.39, 0.29) is 11.8 Å². The standard InChI is InChI=1S/C26H33N3O4/c1-17-13-18(2)16-29(15-17)24(31)21-11-6-7-12-22(21)28-23(30)19-9-8-10-20(14-19)27-25(32)33-26(3,4)5/h6-12,14,17-18H,13,15-16H2,1-5H3,(H,27,32)(H,28,30). The molecule has 1 aliphatic heterocycles. The number of hydrogen-bond donors (Lipinski definition) is 2. The smallest absolute Gasteiger partial charge is 0.412 e. The predicted octanol–water partition coefficient (Wildman–Crippen LogP) is 5.40. The maximum atomic E-state index is 13.2. The van der Waals surface area contributed by atoms with Crippen molar-refractivity contribution in [2.24, 2.45) is 11.8 Å². The lowest BCUT2D eigenvalue weighted by Crippen LogP contribution is -2.42. The van der Waals surface area contributed by atoms with Gasteiger partial charge in [-0.25, -0.2) is 4.79 Å². The molecule has 7 nitrogen and oxygen atoms in total. The van der Waals surface area contributed by atoms with Crippen LogP contribution in [-0.2, 0) is 4.74 Å². The van der Waals surface area contributed by atoms with Crippen molar-refractivity contribution >= 4 is 29.3 Å². The van der Waals surface area contributed by atoms with Crippen molar-refractivity contribution in [1.82, 2.24) is 4.90 Å². The van der Waals surface area contributed by atoms with E-state index >= 15 is 0 Å². The molecule has 0 aliphatic carbocycles. The first kappa shape index (κ1) is 24.3. The molecule has 3 rings (SSSR count). The normalized spacial score (nSPS) is 18.4. The van der Waals surface area contributed by atoms with Gasteiger partial charge in [0.25, 0.3) is 11.8 Å². The zero-order valence-corrected chi connectivity index (χ0v) is 20.0. The molecule has 176 valence electrons. The highest BCUT2D eigenvalue weighted by Crippen LogP contribution is 2.25. The van der Waals surface area contributed by atoms with Crippen LogP contribution in [0.25, 0.3) is 0 Å². The molecule has 0 bridgehead atoms.